The molecule has 0 saturated heterocycles. The number of hydrogen-bond donors (Lipinski definition) is 0. The Morgan fingerprint density at radius 2 is 1.60 bits per heavy atom. The average Bonchev–Trinajstić information content (AvgIpc) is 2.35. The zero-order chi connectivity index (χ0) is 15.0. The van der Waals surface area contributed by atoms with Crippen LogP contribution in [0.2, 0.25) is 0 Å². The van der Waals surface area contributed by atoms with Crippen LogP contribution in [-0.4, -0.2) is 24.8 Å². The lowest BCUT2D eigenvalue weighted by Crippen LogP contribution is -2.24. The van der Waals surface area contributed by atoms with Gasteiger partial charge in [0.1, 0.15) is 5.60 Å². The quantitative estimate of drug-likeness (QED) is 0.716. The summed E-state index contributed by atoms with van der Waals surface area (Å²) in [5.74, 6) is 1.10. The first kappa shape index (κ1) is 16.3. The monoisotopic (exact) mass is 280 g/mol. The molecule has 1 aromatic carbocycles. The van der Waals surface area contributed by atoms with Crippen LogP contribution in [-0.2, 0) is 9.53 Å². The lowest BCUT2D eigenvalue weighted by Gasteiger charge is -2.19. The van der Waals surface area contributed by atoms with E-state index in [1.807, 2.05) is 52.0 Å². The Morgan fingerprint density at radius 3 is 2.10 bits per heavy atom. The van der Waals surface area contributed by atoms with E-state index in [1.54, 1.807) is 0 Å². The Morgan fingerprint density at radius 1 is 1.05 bits per heavy atom. The van der Waals surface area contributed by atoms with E-state index in [2.05, 4.69) is 0 Å². The Labute approximate surface area is 121 Å². The van der Waals surface area contributed by atoms with Crippen molar-refractivity contribution in [2.45, 2.75) is 46.1 Å². The summed E-state index contributed by atoms with van der Waals surface area (Å²) in [7, 11) is 0. The molecule has 112 valence electrons. The standard InChI is InChI=1S/C16H24O4/c1-5-11-18-13-8-6-7-9-14(13)19-12-10-15(17)20-16(2,3)4/h6-9H,5,10-12H2,1-4H3. The molecule has 0 radical (unpaired) electrons. The summed E-state index contributed by atoms with van der Waals surface area (Å²) in [5.41, 5.74) is -0.459. The van der Waals surface area contributed by atoms with Gasteiger partial charge in [0.15, 0.2) is 11.5 Å². The molecule has 4 nitrogen and oxygen atoms in total. The van der Waals surface area contributed by atoms with Crippen molar-refractivity contribution < 1.29 is 19.0 Å². The Kier molecular flexibility index (Phi) is 6.36. The molecule has 0 aliphatic heterocycles. The molecule has 0 aromatic heterocycles. The van der Waals surface area contributed by atoms with E-state index in [9.17, 15) is 4.79 Å². The smallest absolute Gasteiger partial charge is 0.309 e. The molecule has 0 spiro atoms. The molecular formula is C16H24O4. The summed E-state index contributed by atoms with van der Waals surface area (Å²) < 4.78 is 16.4. The van der Waals surface area contributed by atoms with E-state index in [4.69, 9.17) is 14.2 Å². The highest BCUT2D eigenvalue weighted by Gasteiger charge is 2.16. The second-order valence-electron chi connectivity index (χ2n) is 5.48. The molecule has 0 fully saturated rings. The highest BCUT2D eigenvalue weighted by molar-refractivity contribution is 5.70. The molecule has 0 bridgehead atoms. The van der Waals surface area contributed by atoms with Crippen molar-refractivity contribution in [1.82, 2.24) is 0 Å². The number of rotatable bonds is 7. The Hall–Kier alpha value is -1.71. The van der Waals surface area contributed by atoms with E-state index in [-0.39, 0.29) is 19.0 Å². The van der Waals surface area contributed by atoms with E-state index < -0.39 is 5.60 Å². The van der Waals surface area contributed by atoms with Gasteiger partial charge in [-0.2, -0.15) is 0 Å². The van der Waals surface area contributed by atoms with Gasteiger partial charge in [-0.05, 0) is 39.3 Å². The van der Waals surface area contributed by atoms with Crippen molar-refractivity contribution in [2.75, 3.05) is 13.2 Å². The SMILES string of the molecule is CCCOc1ccccc1OCCC(=O)OC(C)(C)C. The number of para-hydroxylation sites is 2. The van der Waals surface area contributed by atoms with Gasteiger partial charge in [0.25, 0.3) is 0 Å². The van der Waals surface area contributed by atoms with Crippen molar-refractivity contribution in [3.63, 3.8) is 0 Å². The third kappa shape index (κ3) is 6.45. The number of carbonyl (C=O) groups is 1. The van der Waals surface area contributed by atoms with Crippen molar-refractivity contribution in [1.29, 1.82) is 0 Å². The van der Waals surface area contributed by atoms with Crippen molar-refractivity contribution in [2.24, 2.45) is 0 Å². The third-order valence-corrected chi connectivity index (χ3v) is 2.29. The highest BCUT2D eigenvalue weighted by atomic mass is 16.6. The van der Waals surface area contributed by atoms with Gasteiger partial charge in [0.05, 0.1) is 19.6 Å². The molecule has 0 saturated carbocycles. The molecule has 4 heteroatoms. The van der Waals surface area contributed by atoms with E-state index in [1.165, 1.54) is 0 Å². The van der Waals surface area contributed by atoms with Crippen LogP contribution in [0.5, 0.6) is 11.5 Å². The maximum absolute atomic E-state index is 11.6. The summed E-state index contributed by atoms with van der Waals surface area (Å²) >= 11 is 0. The molecule has 20 heavy (non-hydrogen) atoms. The maximum atomic E-state index is 11.6. The van der Waals surface area contributed by atoms with Gasteiger partial charge in [-0.15, -0.1) is 0 Å². The molecule has 0 heterocycles. The fourth-order valence-corrected chi connectivity index (χ4v) is 1.54. The lowest BCUT2D eigenvalue weighted by atomic mass is 10.2. The van der Waals surface area contributed by atoms with Gasteiger partial charge in [-0.25, -0.2) is 0 Å². The number of esters is 1. The van der Waals surface area contributed by atoms with Crippen molar-refractivity contribution in [3.8, 4) is 11.5 Å². The van der Waals surface area contributed by atoms with Gasteiger partial charge in [0.2, 0.25) is 0 Å². The zero-order valence-electron chi connectivity index (χ0n) is 12.8. The predicted octanol–water partition coefficient (Wildman–Crippen LogP) is 3.59. The second kappa shape index (κ2) is 7.78. The minimum absolute atomic E-state index is 0.222. The molecular weight excluding hydrogens is 256 g/mol. The zero-order valence-corrected chi connectivity index (χ0v) is 12.8. The first-order chi connectivity index (χ1) is 9.42. The highest BCUT2D eigenvalue weighted by Crippen LogP contribution is 2.26. The largest absolute Gasteiger partial charge is 0.490 e. The normalized spacial score (nSPS) is 11.0. The minimum atomic E-state index is -0.459. The minimum Gasteiger partial charge on any atom is -0.490 e. The van der Waals surface area contributed by atoms with Crippen LogP contribution in [0.15, 0.2) is 24.3 Å². The maximum Gasteiger partial charge on any atom is 0.309 e. The van der Waals surface area contributed by atoms with Crippen LogP contribution in [0.3, 0.4) is 0 Å². The summed E-state index contributed by atoms with van der Waals surface area (Å²) in [6, 6.07) is 7.46. The number of hydrogen-bond acceptors (Lipinski definition) is 4. The average molecular weight is 280 g/mol. The lowest BCUT2D eigenvalue weighted by molar-refractivity contribution is -0.155. The Bertz CT molecular complexity index is 421. The van der Waals surface area contributed by atoms with Crippen molar-refractivity contribution >= 4 is 5.97 Å². The van der Waals surface area contributed by atoms with E-state index >= 15 is 0 Å². The van der Waals surface area contributed by atoms with Gasteiger partial charge in [0, 0.05) is 0 Å². The molecule has 0 aliphatic carbocycles. The fourth-order valence-electron chi connectivity index (χ4n) is 1.54. The second-order valence-corrected chi connectivity index (χ2v) is 5.48. The summed E-state index contributed by atoms with van der Waals surface area (Å²) in [6.45, 7) is 8.51. The van der Waals surface area contributed by atoms with Crippen LogP contribution in [0.4, 0.5) is 0 Å². The molecule has 0 aliphatic rings. The molecule has 0 unspecified atom stereocenters. The first-order valence-electron chi connectivity index (χ1n) is 6.99. The summed E-state index contributed by atoms with van der Waals surface area (Å²) in [5, 5.41) is 0. The number of benzene rings is 1. The fraction of sp³-hybridized carbons (Fsp3) is 0.562. The number of carbonyl (C=O) groups excluding carboxylic acids is 1. The molecule has 0 atom stereocenters. The third-order valence-electron chi connectivity index (χ3n) is 2.29. The first-order valence-corrected chi connectivity index (χ1v) is 6.99. The van der Waals surface area contributed by atoms with E-state index in [0.29, 0.717) is 18.1 Å². The van der Waals surface area contributed by atoms with Crippen LogP contribution < -0.4 is 9.47 Å². The molecule has 1 aromatic rings. The van der Waals surface area contributed by atoms with Crippen LogP contribution >= 0.6 is 0 Å². The van der Waals surface area contributed by atoms with E-state index in [0.717, 1.165) is 6.42 Å². The molecule has 0 N–H and O–H groups in total. The van der Waals surface area contributed by atoms with Gasteiger partial charge < -0.3 is 14.2 Å². The predicted molar refractivity (Wildman–Crippen MR) is 78.2 cm³/mol. The topological polar surface area (TPSA) is 44.8 Å². The summed E-state index contributed by atoms with van der Waals surface area (Å²) in [4.78, 5) is 11.6. The summed E-state index contributed by atoms with van der Waals surface area (Å²) in [6.07, 6.45) is 1.16. The van der Waals surface area contributed by atoms with Gasteiger partial charge >= 0.3 is 5.97 Å². The molecule has 1 rings (SSSR count). The van der Waals surface area contributed by atoms with Crippen molar-refractivity contribution in [3.05, 3.63) is 24.3 Å². The molecule has 0 amide bonds. The van der Waals surface area contributed by atoms with Crippen LogP contribution in [0.25, 0.3) is 0 Å². The van der Waals surface area contributed by atoms with Crippen LogP contribution in [0.1, 0.15) is 40.5 Å². The van der Waals surface area contributed by atoms with Crippen LogP contribution in [0, 0.1) is 0 Å². The Balaban J connectivity index is 2.43. The van der Waals surface area contributed by atoms with Gasteiger partial charge in [-0.1, -0.05) is 19.1 Å². The number of ether oxygens (including phenoxy) is 3. The van der Waals surface area contributed by atoms with Gasteiger partial charge in [-0.3, -0.25) is 4.79 Å².